The van der Waals surface area contributed by atoms with Crippen LogP contribution in [-0.2, 0) is 4.79 Å². The van der Waals surface area contributed by atoms with Gasteiger partial charge in [0, 0.05) is 14.6 Å². The molecule has 1 unspecified atom stereocenters. The highest BCUT2D eigenvalue weighted by atomic mass is 79.9. The Labute approximate surface area is 138 Å². The van der Waals surface area contributed by atoms with E-state index in [0.29, 0.717) is 20.7 Å². The topological polar surface area (TPSA) is 49.3 Å². The number of nitrogens with one attached hydrogen (secondary N) is 1. The normalized spacial score (nSPS) is 11.9. The van der Waals surface area contributed by atoms with Crippen molar-refractivity contribution in [2.24, 2.45) is 0 Å². The summed E-state index contributed by atoms with van der Waals surface area (Å²) in [5.74, 6) is -0.956. The Kier molecular flexibility index (Phi) is 5.07. The first-order chi connectivity index (χ1) is 9.49. The zero-order valence-electron chi connectivity index (χ0n) is 10.1. The SMILES string of the molecule is O=C(O)C(Nc1ccc(Cl)c(Br)c1)c1ccccc1Br. The van der Waals surface area contributed by atoms with Crippen LogP contribution in [0.15, 0.2) is 51.4 Å². The molecule has 0 bridgehead atoms. The van der Waals surface area contributed by atoms with Crippen molar-refractivity contribution in [1.29, 1.82) is 0 Å². The van der Waals surface area contributed by atoms with E-state index in [0.717, 1.165) is 4.47 Å². The number of hydrogen-bond acceptors (Lipinski definition) is 2. The second-order valence-corrected chi connectivity index (χ2v) is 6.18. The van der Waals surface area contributed by atoms with E-state index in [1.165, 1.54) is 0 Å². The minimum Gasteiger partial charge on any atom is -0.479 e. The summed E-state index contributed by atoms with van der Waals surface area (Å²) >= 11 is 12.6. The molecule has 0 saturated heterocycles. The highest BCUT2D eigenvalue weighted by Crippen LogP contribution is 2.30. The molecule has 0 heterocycles. The van der Waals surface area contributed by atoms with Gasteiger partial charge >= 0.3 is 5.97 Å². The lowest BCUT2D eigenvalue weighted by Crippen LogP contribution is -2.20. The van der Waals surface area contributed by atoms with Crippen LogP contribution in [0.4, 0.5) is 5.69 Å². The lowest BCUT2D eigenvalue weighted by Gasteiger charge is -2.18. The minimum atomic E-state index is -0.956. The molecule has 3 nitrogen and oxygen atoms in total. The second-order valence-electron chi connectivity index (χ2n) is 4.07. The number of carbonyl (C=O) groups is 1. The highest BCUT2D eigenvalue weighted by molar-refractivity contribution is 9.10. The maximum Gasteiger partial charge on any atom is 0.330 e. The minimum absolute atomic E-state index is 0.573. The quantitative estimate of drug-likeness (QED) is 0.725. The Morgan fingerprint density at radius 1 is 1.15 bits per heavy atom. The third-order valence-electron chi connectivity index (χ3n) is 2.69. The third-order valence-corrected chi connectivity index (χ3v) is 4.63. The first kappa shape index (κ1) is 15.4. The van der Waals surface area contributed by atoms with E-state index in [1.54, 1.807) is 30.3 Å². The molecular formula is C14H10Br2ClNO2. The maximum atomic E-state index is 11.5. The number of benzene rings is 2. The number of hydrogen-bond donors (Lipinski definition) is 2. The Morgan fingerprint density at radius 2 is 1.85 bits per heavy atom. The van der Waals surface area contributed by atoms with Gasteiger partial charge in [-0.25, -0.2) is 4.79 Å². The van der Waals surface area contributed by atoms with E-state index in [4.69, 9.17) is 11.6 Å². The van der Waals surface area contributed by atoms with Crippen LogP contribution >= 0.6 is 43.5 Å². The van der Waals surface area contributed by atoms with Crippen LogP contribution in [0.5, 0.6) is 0 Å². The number of rotatable bonds is 4. The van der Waals surface area contributed by atoms with Gasteiger partial charge in [-0.1, -0.05) is 45.7 Å². The Morgan fingerprint density at radius 3 is 2.45 bits per heavy atom. The standard InChI is InChI=1S/C14H10Br2ClNO2/c15-10-4-2-1-3-9(10)13(14(19)20)18-8-5-6-12(17)11(16)7-8/h1-7,13,18H,(H,19,20). The fourth-order valence-corrected chi connectivity index (χ4v) is 2.74. The molecule has 0 radical (unpaired) electrons. The summed E-state index contributed by atoms with van der Waals surface area (Å²) in [4.78, 5) is 11.5. The molecule has 1 atom stereocenters. The van der Waals surface area contributed by atoms with Crippen molar-refractivity contribution in [1.82, 2.24) is 0 Å². The van der Waals surface area contributed by atoms with Crippen LogP contribution in [0.25, 0.3) is 0 Å². The number of anilines is 1. The molecule has 0 amide bonds. The summed E-state index contributed by atoms with van der Waals surface area (Å²) in [7, 11) is 0. The van der Waals surface area contributed by atoms with E-state index >= 15 is 0 Å². The van der Waals surface area contributed by atoms with Crippen molar-refractivity contribution in [3.05, 3.63) is 62.0 Å². The van der Waals surface area contributed by atoms with Crippen molar-refractivity contribution in [3.63, 3.8) is 0 Å². The van der Waals surface area contributed by atoms with E-state index in [9.17, 15) is 9.90 Å². The molecule has 2 rings (SSSR count). The summed E-state index contributed by atoms with van der Waals surface area (Å²) in [5.41, 5.74) is 1.33. The van der Waals surface area contributed by atoms with Gasteiger partial charge in [-0.2, -0.15) is 0 Å². The molecule has 0 aliphatic heterocycles. The van der Waals surface area contributed by atoms with Crippen molar-refractivity contribution in [2.75, 3.05) is 5.32 Å². The van der Waals surface area contributed by atoms with Gasteiger partial charge in [-0.05, 0) is 45.8 Å². The molecule has 2 aromatic rings. The van der Waals surface area contributed by atoms with Gasteiger partial charge in [0.1, 0.15) is 0 Å². The zero-order chi connectivity index (χ0) is 14.7. The monoisotopic (exact) mass is 417 g/mol. The summed E-state index contributed by atoms with van der Waals surface area (Å²) < 4.78 is 1.45. The first-order valence-corrected chi connectivity index (χ1v) is 7.64. The van der Waals surface area contributed by atoms with Crippen molar-refractivity contribution in [2.45, 2.75) is 6.04 Å². The molecular weight excluding hydrogens is 409 g/mol. The number of aliphatic carboxylic acids is 1. The lowest BCUT2D eigenvalue weighted by atomic mass is 10.1. The van der Waals surface area contributed by atoms with Gasteiger partial charge in [-0.15, -0.1) is 0 Å². The van der Waals surface area contributed by atoms with Crippen LogP contribution in [0.2, 0.25) is 5.02 Å². The van der Waals surface area contributed by atoms with E-state index in [-0.39, 0.29) is 0 Å². The summed E-state index contributed by atoms with van der Waals surface area (Å²) in [6.45, 7) is 0. The highest BCUT2D eigenvalue weighted by Gasteiger charge is 2.21. The molecule has 0 aliphatic carbocycles. The van der Waals surface area contributed by atoms with Gasteiger partial charge < -0.3 is 10.4 Å². The Balaban J connectivity index is 2.33. The largest absolute Gasteiger partial charge is 0.479 e. The van der Waals surface area contributed by atoms with Crippen molar-refractivity contribution < 1.29 is 9.90 Å². The number of carboxylic acid groups (broad SMARTS) is 1. The van der Waals surface area contributed by atoms with E-state index in [1.807, 2.05) is 12.1 Å². The molecule has 0 aromatic heterocycles. The Hall–Kier alpha value is -1.04. The van der Waals surface area contributed by atoms with Crippen molar-refractivity contribution in [3.8, 4) is 0 Å². The predicted octanol–water partition coefficient (Wildman–Crippen LogP) is 5.10. The van der Waals surface area contributed by atoms with Gasteiger partial charge in [0.25, 0.3) is 0 Å². The molecule has 2 aromatic carbocycles. The second kappa shape index (κ2) is 6.61. The van der Waals surface area contributed by atoms with Crippen LogP contribution in [0.3, 0.4) is 0 Å². The van der Waals surface area contributed by atoms with E-state index < -0.39 is 12.0 Å². The van der Waals surface area contributed by atoms with Crippen LogP contribution in [-0.4, -0.2) is 11.1 Å². The summed E-state index contributed by atoms with van der Waals surface area (Å²) in [6.07, 6.45) is 0. The Bertz CT molecular complexity index is 649. The molecule has 2 N–H and O–H groups in total. The fourth-order valence-electron chi connectivity index (χ4n) is 1.73. The van der Waals surface area contributed by atoms with Crippen molar-refractivity contribution >= 4 is 55.1 Å². The molecule has 0 fully saturated rings. The molecule has 104 valence electrons. The van der Waals surface area contributed by atoms with Crippen LogP contribution < -0.4 is 5.32 Å². The fraction of sp³-hybridized carbons (Fsp3) is 0.0714. The molecule has 0 aliphatic rings. The van der Waals surface area contributed by atoms with Gasteiger partial charge in [0.2, 0.25) is 0 Å². The zero-order valence-corrected chi connectivity index (χ0v) is 14.0. The molecule has 6 heteroatoms. The van der Waals surface area contributed by atoms with Crippen LogP contribution in [0, 0.1) is 0 Å². The first-order valence-electron chi connectivity index (χ1n) is 5.68. The average Bonchev–Trinajstić information content (AvgIpc) is 2.41. The third kappa shape index (κ3) is 3.53. The molecule has 0 saturated carbocycles. The van der Waals surface area contributed by atoms with Crippen LogP contribution in [0.1, 0.15) is 11.6 Å². The molecule has 20 heavy (non-hydrogen) atoms. The number of halogens is 3. The smallest absolute Gasteiger partial charge is 0.330 e. The number of carboxylic acids is 1. The lowest BCUT2D eigenvalue weighted by molar-refractivity contribution is -0.138. The molecule has 0 spiro atoms. The van der Waals surface area contributed by atoms with Gasteiger partial charge in [0.15, 0.2) is 6.04 Å². The summed E-state index contributed by atoms with van der Waals surface area (Å²) in [6, 6.07) is 11.5. The average molecular weight is 420 g/mol. The van der Waals surface area contributed by atoms with Gasteiger partial charge in [0.05, 0.1) is 5.02 Å². The predicted molar refractivity (Wildman–Crippen MR) is 87.3 cm³/mol. The van der Waals surface area contributed by atoms with Gasteiger partial charge in [-0.3, -0.25) is 0 Å². The summed E-state index contributed by atoms with van der Waals surface area (Å²) in [5, 5.41) is 13.0. The van der Waals surface area contributed by atoms with E-state index in [2.05, 4.69) is 37.2 Å². The maximum absolute atomic E-state index is 11.5.